The molecule has 0 heterocycles. The van der Waals surface area contributed by atoms with Gasteiger partial charge in [0.25, 0.3) is 0 Å². The van der Waals surface area contributed by atoms with Crippen molar-refractivity contribution in [1.29, 1.82) is 0 Å². The van der Waals surface area contributed by atoms with Gasteiger partial charge in [-0.2, -0.15) is 0 Å². The fourth-order valence-corrected chi connectivity index (χ4v) is 1.64. The SMILES string of the molecule is O=[C]N(Cc1ccccc1)c1cc(F)c(F)c(F)c1. The van der Waals surface area contributed by atoms with Crippen molar-refractivity contribution in [1.82, 2.24) is 0 Å². The predicted molar refractivity (Wildman–Crippen MR) is 64.6 cm³/mol. The summed E-state index contributed by atoms with van der Waals surface area (Å²) in [7, 11) is 0. The number of amides is 1. The van der Waals surface area contributed by atoms with Gasteiger partial charge in [0.05, 0.1) is 12.2 Å². The second-order valence-corrected chi connectivity index (χ2v) is 3.89. The molecule has 1 amide bonds. The zero-order valence-electron chi connectivity index (χ0n) is 9.74. The van der Waals surface area contributed by atoms with Gasteiger partial charge in [0.2, 0.25) is 0 Å². The third-order valence-corrected chi connectivity index (χ3v) is 2.57. The molecule has 0 saturated heterocycles. The Morgan fingerprint density at radius 3 is 2.11 bits per heavy atom. The van der Waals surface area contributed by atoms with Crippen LogP contribution in [0.4, 0.5) is 18.9 Å². The molecule has 0 aromatic heterocycles. The van der Waals surface area contributed by atoms with E-state index in [-0.39, 0.29) is 12.2 Å². The van der Waals surface area contributed by atoms with Gasteiger partial charge in [-0.05, 0) is 5.56 Å². The van der Waals surface area contributed by atoms with Gasteiger partial charge in [0.15, 0.2) is 17.5 Å². The minimum atomic E-state index is -1.56. The highest BCUT2D eigenvalue weighted by molar-refractivity contribution is 5.75. The van der Waals surface area contributed by atoms with Gasteiger partial charge in [0, 0.05) is 12.1 Å². The second-order valence-electron chi connectivity index (χ2n) is 3.89. The highest BCUT2D eigenvalue weighted by atomic mass is 19.2. The highest BCUT2D eigenvalue weighted by Crippen LogP contribution is 2.21. The summed E-state index contributed by atoms with van der Waals surface area (Å²) in [4.78, 5) is 11.9. The van der Waals surface area contributed by atoms with Crippen LogP contribution in [0.2, 0.25) is 0 Å². The third-order valence-electron chi connectivity index (χ3n) is 2.57. The molecule has 0 atom stereocenters. The lowest BCUT2D eigenvalue weighted by molar-refractivity contribution is 0.447. The number of rotatable bonds is 4. The van der Waals surface area contributed by atoms with E-state index in [1.165, 1.54) is 0 Å². The van der Waals surface area contributed by atoms with Gasteiger partial charge >= 0.3 is 6.41 Å². The maximum atomic E-state index is 13.1. The van der Waals surface area contributed by atoms with Gasteiger partial charge in [0.1, 0.15) is 0 Å². The molecule has 5 heteroatoms. The number of carbonyl (C=O) groups excluding carboxylic acids is 1. The van der Waals surface area contributed by atoms with E-state index >= 15 is 0 Å². The van der Waals surface area contributed by atoms with Crippen LogP contribution in [-0.2, 0) is 11.3 Å². The first-order chi connectivity index (χ1) is 9.11. The van der Waals surface area contributed by atoms with Crippen LogP contribution >= 0.6 is 0 Å². The molecule has 0 N–H and O–H groups in total. The molecule has 2 aromatic carbocycles. The topological polar surface area (TPSA) is 20.3 Å². The van der Waals surface area contributed by atoms with Crippen molar-refractivity contribution in [2.45, 2.75) is 6.54 Å². The molecule has 97 valence electrons. The number of hydrogen-bond donors (Lipinski definition) is 0. The van der Waals surface area contributed by atoms with Crippen LogP contribution in [-0.4, -0.2) is 6.41 Å². The molecule has 0 aliphatic carbocycles. The summed E-state index contributed by atoms with van der Waals surface area (Å²) in [6.45, 7) is 0.0921. The van der Waals surface area contributed by atoms with Crippen molar-refractivity contribution in [3.63, 3.8) is 0 Å². The molecular weight excluding hydrogens is 255 g/mol. The summed E-state index contributed by atoms with van der Waals surface area (Å²) < 4.78 is 39.0. The van der Waals surface area contributed by atoms with Crippen LogP contribution in [0.3, 0.4) is 0 Å². The molecule has 2 aromatic rings. The Kier molecular flexibility index (Phi) is 3.85. The summed E-state index contributed by atoms with van der Waals surface area (Å²) in [5.41, 5.74) is 0.672. The molecule has 0 fully saturated rings. The van der Waals surface area contributed by atoms with Crippen molar-refractivity contribution in [2.75, 3.05) is 4.90 Å². The van der Waals surface area contributed by atoms with Crippen molar-refractivity contribution in [2.24, 2.45) is 0 Å². The van der Waals surface area contributed by atoms with E-state index in [2.05, 4.69) is 0 Å². The summed E-state index contributed by atoms with van der Waals surface area (Å²) in [6, 6.07) is 10.4. The third kappa shape index (κ3) is 2.93. The number of nitrogens with zero attached hydrogens (tertiary/aromatic N) is 1. The first-order valence-corrected chi connectivity index (χ1v) is 5.45. The predicted octanol–water partition coefficient (Wildman–Crippen LogP) is 3.18. The Morgan fingerprint density at radius 2 is 1.58 bits per heavy atom. The van der Waals surface area contributed by atoms with Crippen LogP contribution in [0.15, 0.2) is 42.5 Å². The summed E-state index contributed by atoms with van der Waals surface area (Å²) in [5.74, 6) is -4.25. The minimum Gasteiger partial charge on any atom is -0.300 e. The van der Waals surface area contributed by atoms with Crippen molar-refractivity contribution >= 4 is 12.1 Å². The smallest absolute Gasteiger partial charge is 0.300 e. The molecule has 0 aliphatic heterocycles. The summed E-state index contributed by atoms with van der Waals surface area (Å²) in [5, 5.41) is 0. The van der Waals surface area contributed by atoms with Crippen LogP contribution in [0.5, 0.6) is 0 Å². The largest absolute Gasteiger partial charge is 0.317 e. The van der Waals surface area contributed by atoms with E-state index in [1.807, 2.05) is 0 Å². The number of benzene rings is 2. The maximum absolute atomic E-state index is 13.1. The summed E-state index contributed by atoms with van der Waals surface area (Å²) >= 11 is 0. The van der Waals surface area contributed by atoms with Crippen LogP contribution in [0, 0.1) is 17.5 Å². The zero-order valence-corrected chi connectivity index (χ0v) is 9.74. The van der Waals surface area contributed by atoms with Crippen molar-refractivity contribution in [3.05, 3.63) is 65.5 Å². The molecule has 0 spiro atoms. The Balaban J connectivity index is 2.30. The molecule has 1 radical (unpaired) electrons. The van der Waals surface area contributed by atoms with Gasteiger partial charge in [-0.1, -0.05) is 30.3 Å². The first kappa shape index (κ1) is 13.1. The van der Waals surface area contributed by atoms with Gasteiger partial charge in [-0.25, -0.2) is 13.2 Å². The second kappa shape index (κ2) is 5.56. The Hall–Kier alpha value is -2.30. The van der Waals surface area contributed by atoms with E-state index in [0.717, 1.165) is 22.6 Å². The molecule has 19 heavy (non-hydrogen) atoms. The summed E-state index contributed by atoms with van der Waals surface area (Å²) in [6.07, 6.45) is 1.57. The van der Waals surface area contributed by atoms with E-state index in [9.17, 15) is 18.0 Å². The highest BCUT2D eigenvalue weighted by Gasteiger charge is 2.15. The molecule has 2 nitrogen and oxygen atoms in total. The van der Waals surface area contributed by atoms with E-state index in [0.29, 0.717) is 0 Å². The first-order valence-electron chi connectivity index (χ1n) is 5.45. The van der Waals surface area contributed by atoms with Gasteiger partial charge < -0.3 is 0 Å². The lowest BCUT2D eigenvalue weighted by Crippen LogP contribution is -2.20. The molecule has 0 unspecified atom stereocenters. The van der Waals surface area contributed by atoms with Gasteiger partial charge in [-0.15, -0.1) is 0 Å². The normalized spacial score (nSPS) is 10.3. The standard InChI is InChI=1S/C14H9F3NO/c15-12-6-11(7-13(16)14(12)17)18(9-19)8-10-4-2-1-3-5-10/h1-7H,8H2. The maximum Gasteiger partial charge on any atom is 0.317 e. The zero-order chi connectivity index (χ0) is 13.8. The van der Waals surface area contributed by atoms with Crippen molar-refractivity contribution < 1.29 is 18.0 Å². The Labute approximate surface area is 108 Å². The van der Waals surface area contributed by atoms with Crippen LogP contribution in [0.1, 0.15) is 5.56 Å². The molecular formula is C14H9F3NO. The van der Waals surface area contributed by atoms with Gasteiger partial charge in [-0.3, -0.25) is 9.69 Å². The molecule has 0 saturated carbocycles. The average Bonchev–Trinajstić information content (AvgIpc) is 2.42. The lowest BCUT2D eigenvalue weighted by Gasteiger charge is -2.16. The van der Waals surface area contributed by atoms with Crippen LogP contribution in [0.25, 0.3) is 0 Å². The quantitative estimate of drug-likeness (QED) is 0.613. The van der Waals surface area contributed by atoms with E-state index in [4.69, 9.17) is 0 Å². The average molecular weight is 264 g/mol. The Bertz CT molecular complexity index is 563. The molecule has 0 aliphatic rings. The minimum absolute atomic E-state index is 0.0877. The molecule has 0 bridgehead atoms. The Morgan fingerprint density at radius 1 is 1.00 bits per heavy atom. The number of halogens is 3. The van der Waals surface area contributed by atoms with E-state index in [1.54, 1.807) is 36.7 Å². The monoisotopic (exact) mass is 264 g/mol. The van der Waals surface area contributed by atoms with Crippen molar-refractivity contribution in [3.8, 4) is 0 Å². The molecule has 2 rings (SSSR count). The fourth-order valence-electron chi connectivity index (χ4n) is 1.64. The fraction of sp³-hybridized carbons (Fsp3) is 0.0714. The number of anilines is 1. The van der Waals surface area contributed by atoms with Crippen LogP contribution < -0.4 is 4.90 Å². The number of hydrogen-bond acceptors (Lipinski definition) is 1. The lowest BCUT2D eigenvalue weighted by atomic mass is 10.2. The van der Waals surface area contributed by atoms with E-state index < -0.39 is 17.5 Å².